The third-order valence-electron chi connectivity index (χ3n) is 3.08. The molecule has 17 heavy (non-hydrogen) atoms. The molecule has 2 unspecified atom stereocenters. The van der Waals surface area contributed by atoms with Gasteiger partial charge >= 0.3 is 0 Å². The van der Waals surface area contributed by atoms with Crippen LogP contribution in [0.3, 0.4) is 0 Å². The maximum atomic E-state index is 11.8. The third kappa shape index (κ3) is 3.20. The number of carbonyl (C=O) groups is 1. The van der Waals surface area contributed by atoms with Crippen molar-refractivity contribution in [2.75, 3.05) is 20.1 Å². The number of nitrogens with one attached hydrogen (secondary N) is 2. The Labute approximate surface area is 107 Å². The second kappa shape index (κ2) is 5.52. The van der Waals surface area contributed by atoms with Gasteiger partial charge < -0.3 is 10.6 Å². The zero-order valence-corrected chi connectivity index (χ0v) is 10.6. The van der Waals surface area contributed by atoms with Gasteiger partial charge in [-0.3, -0.25) is 4.79 Å². The molecule has 4 heteroatoms. The van der Waals surface area contributed by atoms with Crippen LogP contribution in [0.5, 0.6) is 0 Å². The molecule has 1 aromatic carbocycles. The second-order valence-corrected chi connectivity index (χ2v) is 4.83. The Morgan fingerprint density at radius 1 is 1.47 bits per heavy atom. The average Bonchev–Trinajstić information content (AvgIpc) is 3.09. The Morgan fingerprint density at radius 3 is 3.00 bits per heavy atom. The van der Waals surface area contributed by atoms with E-state index < -0.39 is 0 Å². The predicted molar refractivity (Wildman–Crippen MR) is 69.2 cm³/mol. The number of hydrogen-bond donors (Lipinski definition) is 2. The molecule has 2 N–H and O–H groups in total. The van der Waals surface area contributed by atoms with E-state index >= 15 is 0 Å². The van der Waals surface area contributed by atoms with Gasteiger partial charge in [0, 0.05) is 24.0 Å². The molecule has 0 radical (unpaired) electrons. The van der Waals surface area contributed by atoms with E-state index in [1.807, 2.05) is 31.3 Å². The summed E-state index contributed by atoms with van der Waals surface area (Å²) < 4.78 is 0. The van der Waals surface area contributed by atoms with E-state index in [-0.39, 0.29) is 11.8 Å². The second-order valence-electron chi connectivity index (χ2n) is 4.40. The fourth-order valence-corrected chi connectivity index (χ4v) is 2.23. The number of halogens is 1. The summed E-state index contributed by atoms with van der Waals surface area (Å²) in [6, 6.07) is 7.78. The van der Waals surface area contributed by atoms with Gasteiger partial charge in [0.1, 0.15) is 0 Å². The van der Waals surface area contributed by atoms with Gasteiger partial charge in [-0.05, 0) is 37.1 Å². The highest BCUT2D eigenvalue weighted by atomic mass is 35.5. The molecule has 0 heterocycles. The van der Waals surface area contributed by atoms with E-state index in [2.05, 4.69) is 10.6 Å². The molecule has 2 rings (SSSR count). The predicted octanol–water partition coefficient (Wildman–Crippen LogP) is 1.78. The first kappa shape index (κ1) is 12.4. The van der Waals surface area contributed by atoms with Crippen LogP contribution in [0.15, 0.2) is 24.3 Å². The van der Waals surface area contributed by atoms with Gasteiger partial charge in [-0.1, -0.05) is 23.7 Å². The van der Waals surface area contributed by atoms with Gasteiger partial charge in [0.2, 0.25) is 5.91 Å². The molecule has 0 saturated heterocycles. The lowest BCUT2D eigenvalue weighted by Gasteiger charge is -2.04. The van der Waals surface area contributed by atoms with Crippen LogP contribution in [0.25, 0.3) is 0 Å². The fraction of sp³-hybridized carbons (Fsp3) is 0.462. The zero-order chi connectivity index (χ0) is 12.3. The Kier molecular flexibility index (Phi) is 4.02. The maximum Gasteiger partial charge on any atom is 0.223 e. The first-order valence-electron chi connectivity index (χ1n) is 5.90. The van der Waals surface area contributed by atoms with E-state index in [1.165, 1.54) is 5.56 Å². The molecule has 0 spiro atoms. The quantitative estimate of drug-likeness (QED) is 0.785. The van der Waals surface area contributed by atoms with Crippen LogP contribution in [0, 0.1) is 5.92 Å². The Balaban J connectivity index is 1.85. The summed E-state index contributed by atoms with van der Waals surface area (Å²) in [7, 11) is 1.87. The lowest BCUT2D eigenvalue weighted by Crippen LogP contribution is -2.31. The summed E-state index contributed by atoms with van der Waals surface area (Å²) in [6.45, 7) is 1.49. The first-order chi connectivity index (χ1) is 8.22. The number of hydrogen-bond acceptors (Lipinski definition) is 2. The molecule has 0 bridgehead atoms. The lowest BCUT2D eigenvalue weighted by molar-refractivity contribution is -0.122. The van der Waals surface area contributed by atoms with Crippen molar-refractivity contribution in [3.63, 3.8) is 0 Å². The number of benzene rings is 1. The van der Waals surface area contributed by atoms with Crippen molar-refractivity contribution in [2.45, 2.75) is 12.3 Å². The molecule has 1 fully saturated rings. The molecule has 1 saturated carbocycles. The molecule has 92 valence electrons. The average molecular weight is 253 g/mol. The number of amides is 1. The standard InChI is InChI=1S/C13H17ClN2O/c1-15-5-6-16-13(17)12-8-11(12)9-3-2-4-10(14)7-9/h2-4,7,11-12,15H,5-6,8H2,1H3,(H,16,17). The largest absolute Gasteiger partial charge is 0.355 e. The van der Waals surface area contributed by atoms with Crippen LogP contribution < -0.4 is 10.6 Å². The molecule has 1 aliphatic carbocycles. The summed E-state index contributed by atoms with van der Waals surface area (Å²) in [5, 5.41) is 6.67. The van der Waals surface area contributed by atoms with Crippen molar-refractivity contribution < 1.29 is 4.79 Å². The molecule has 1 aliphatic rings. The van der Waals surface area contributed by atoms with Crippen molar-refractivity contribution in [1.82, 2.24) is 10.6 Å². The van der Waals surface area contributed by atoms with Crippen LogP contribution in [0.1, 0.15) is 17.9 Å². The lowest BCUT2D eigenvalue weighted by atomic mass is 10.1. The number of likely N-dealkylation sites (N-methyl/N-ethyl adjacent to an activating group) is 1. The molecule has 0 aromatic heterocycles. The molecule has 1 aromatic rings. The Hall–Kier alpha value is -1.06. The van der Waals surface area contributed by atoms with E-state index in [0.29, 0.717) is 12.5 Å². The molecule has 3 nitrogen and oxygen atoms in total. The van der Waals surface area contributed by atoms with Gasteiger partial charge in [-0.25, -0.2) is 0 Å². The summed E-state index contributed by atoms with van der Waals surface area (Å²) >= 11 is 5.94. The van der Waals surface area contributed by atoms with Crippen LogP contribution in [-0.2, 0) is 4.79 Å². The van der Waals surface area contributed by atoms with Gasteiger partial charge in [-0.15, -0.1) is 0 Å². The van der Waals surface area contributed by atoms with Crippen molar-refractivity contribution in [2.24, 2.45) is 5.92 Å². The van der Waals surface area contributed by atoms with E-state index in [4.69, 9.17) is 11.6 Å². The normalized spacial score (nSPS) is 22.2. The zero-order valence-electron chi connectivity index (χ0n) is 9.87. The maximum absolute atomic E-state index is 11.8. The SMILES string of the molecule is CNCCNC(=O)C1CC1c1cccc(Cl)c1. The molecular weight excluding hydrogens is 236 g/mol. The highest BCUT2D eigenvalue weighted by molar-refractivity contribution is 6.30. The Bertz CT molecular complexity index is 408. The molecule has 0 aliphatic heterocycles. The smallest absolute Gasteiger partial charge is 0.223 e. The topological polar surface area (TPSA) is 41.1 Å². The van der Waals surface area contributed by atoms with Crippen molar-refractivity contribution in [3.8, 4) is 0 Å². The summed E-state index contributed by atoms with van der Waals surface area (Å²) in [5.74, 6) is 0.638. The highest BCUT2D eigenvalue weighted by Crippen LogP contribution is 2.47. The van der Waals surface area contributed by atoms with Gasteiger partial charge in [-0.2, -0.15) is 0 Å². The van der Waals surface area contributed by atoms with Crippen LogP contribution in [0.2, 0.25) is 5.02 Å². The van der Waals surface area contributed by atoms with Gasteiger partial charge in [0.25, 0.3) is 0 Å². The van der Waals surface area contributed by atoms with Crippen molar-refractivity contribution in [3.05, 3.63) is 34.9 Å². The van der Waals surface area contributed by atoms with Crippen molar-refractivity contribution >= 4 is 17.5 Å². The van der Waals surface area contributed by atoms with Crippen molar-refractivity contribution in [1.29, 1.82) is 0 Å². The Morgan fingerprint density at radius 2 is 2.29 bits per heavy atom. The minimum Gasteiger partial charge on any atom is -0.355 e. The van der Waals surface area contributed by atoms with Crippen LogP contribution in [-0.4, -0.2) is 26.0 Å². The number of carbonyl (C=O) groups excluding carboxylic acids is 1. The minimum absolute atomic E-state index is 0.130. The van der Waals surface area contributed by atoms with Crippen LogP contribution in [0.4, 0.5) is 0 Å². The summed E-state index contributed by atoms with van der Waals surface area (Å²) in [6.07, 6.45) is 0.936. The third-order valence-corrected chi connectivity index (χ3v) is 3.31. The molecule has 2 atom stereocenters. The van der Waals surface area contributed by atoms with E-state index in [9.17, 15) is 4.79 Å². The fourth-order valence-electron chi connectivity index (χ4n) is 2.03. The van der Waals surface area contributed by atoms with Crippen LogP contribution >= 0.6 is 11.6 Å². The number of rotatable bonds is 5. The molecular formula is C13H17ClN2O. The highest BCUT2D eigenvalue weighted by Gasteiger charge is 2.43. The van der Waals surface area contributed by atoms with Gasteiger partial charge in [0.15, 0.2) is 0 Å². The monoisotopic (exact) mass is 252 g/mol. The summed E-state index contributed by atoms with van der Waals surface area (Å²) in [4.78, 5) is 11.8. The van der Waals surface area contributed by atoms with Gasteiger partial charge in [0.05, 0.1) is 0 Å². The summed E-state index contributed by atoms with van der Waals surface area (Å²) in [5.41, 5.74) is 1.17. The minimum atomic E-state index is 0.130. The van der Waals surface area contributed by atoms with E-state index in [1.54, 1.807) is 0 Å². The molecule has 1 amide bonds. The first-order valence-corrected chi connectivity index (χ1v) is 6.28. The van der Waals surface area contributed by atoms with E-state index in [0.717, 1.165) is 18.0 Å².